The van der Waals surface area contributed by atoms with E-state index in [2.05, 4.69) is 31.5 Å². The van der Waals surface area contributed by atoms with Crippen molar-refractivity contribution in [3.63, 3.8) is 0 Å². The van der Waals surface area contributed by atoms with E-state index >= 15 is 0 Å². The number of aromatic nitrogens is 1. The fourth-order valence-electron chi connectivity index (χ4n) is 1.48. The number of nitrogens with two attached hydrogens (primary N) is 1. The molecule has 0 saturated carbocycles. The molecule has 100 valence electrons. The normalized spacial score (nSPS) is 9.60. The van der Waals surface area contributed by atoms with Gasteiger partial charge in [-0.2, -0.15) is 5.26 Å². The maximum absolute atomic E-state index is 11.8. The van der Waals surface area contributed by atoms with Crippen LogP contribution in [0.3, 0.4) is 0 Å². The van der Waals surface area contributed by atoms with Crippen LogP contribution in [-0.4, -0.2) is 11.0 Å². The average Bonchev–Trinajstić information content (AvgIpc) is 2.42. The van der Waals surface area contributed by atoms with Crippen LogP contribution in [0.25, 0.3) is 0 Å². The van der Waals surface area contributed by atoms with Gasteiger partial charge < -0.3 is 11.1 Å². The van der Waals surface area contributed by atoms with Gasteiger partial charge in [0, 0.05) is 5.69 Å². The lowest BCUT2D eigenvalue weighted by Crippen LogP contribution is -2.20. The quantitative estimate of drug-likeness (QED) is 0.786. The van der Waals surface area contributed by atoms with Crippen LogP contribution < -0.4 is 16.4 Å². The van der Waals surface area contributed by atoms with Crippen molar-refractivity contribution in [1.29, 1.82) is 5.26 Å². The molecule has 0 saturated heterocycles. The summed E-state index contributed by atoms with van der Waals surface area (Å²) in [4.78, 5) is 15.8. The number of urea groups is 1. The summed E-state index contributed by atoms with van der Waals surface area (Å²) in [6, 6.07) is 9.78. The Morgan fingerprint density at radius 1 is 1.35 bits per heavy atom. The van der Waals surface area contributed by atoms with Gasteiger partial charge in [-0.15, -0.1) is 0 Å². The van der Waals surface area contributed by atoms with Crippen molar-refractivity contribution in [3.05, 3.63) is 46.6 Å². The second kappa shape index (κ2) is 6.04. The summed E-state index contributed by atoms with van der Waals surface area (Å²) in [6.07, 6.45) is 1.44. The van der Waals surface area contributed by atoms with Gasteiger partial charge in [-0.25, -0.2) is 9.78 Å². The molecule has 0 bridgehead atoms. The molecule has 0 aliphatic rings. The van der Waals surface area contributed by atoms with E-state index in [1.807, 2.05) is 6.07 Å². The minimum atomic E-state index is -0.460. The number of carbonyl (C=O) groups is 1. The smallest absolute Gasteiger partial charge is 0.324 e. The highest BCUT2D eigenvalue weighted by atomic mass is 79.9. The molecule has 0 aliphatic carbocycles. The van der Waals surface area contributed by atoms with E-state index in [0.717, 1.165) is 0 Å². The van der Waals surface area contributed by atoms with E-state index in [9.17, 15) is 4.79 Å². The molecule has 4 N–H and O–H groups in total. The molecular weight excluding hydrogens is 322 g/mol. The molecule has 1 aromatic heterocycles. The van der Waals surface area contributed by atoms with Gasteiger partial charge in [0.2, 0.25) is 0 Å². The molecule has 0 atom stereocenters. The Labute approximate surface area is 123 Å². The Hall–Kier alpha value is -2.59. The van der Waals surface area contributed by atoms with Gasteiger partial charge >= 0.3 is 6.03 Å². The Bertz CT molecular complexity index is 695. The third-order valence-corrected chi connectivity index (χ3v) is 2.95. The number of amides is 2. The van der Waals surface area contributed by atoms with Crippen molar-refractivity contribution in [3.8, 4) is 6.07 Å². The van der Waals surface area contributed by atoms with Crippen LogP contribution in [-0.2, 0) is 0 Å². The molecule has 2 aromatic rings. The number of nitrogen functional groups attached to an aromatic ring is 1. The lowest BCUT2D eigenvalue weighted by Gasteiger charge is -2.08. The highest BCUT2D eigenvalue weighted by Gasteiger charge is 2.07. The second-order valence-electron chi connectivity index (χ2n) is 3.87. The van der Waals surface area contributed by atoms with Gasteiger partial charge in [0.25, 0.3) is 0 Å². The first kappa shape index (κ1) is 13.8. The molecule has 2 amide bonds. The minimum Gasteiger partial charge on any atom is -0.397 e. The lowest BCUT2D eigenvalue weighted by molar-refractivity contribution is 0.262. The molecule has 0 fully saturated rings. The minimum absolute atomic E-state index is 0.355. The molecule has 0 aliphatic heterocycles. The summed E-state index contributed by atoms with van der Waals surface area (Å²) in [6.45, 7) is 0. The molecule has 6 nitrogen and oxygen atoms in total. The maximum atomic E-state index is 11.8. The number of nitrogens with one attached hydrogen (secondary N) is 2. The fourth-order valence-corrected chi connectivity index (χ4v) is 1.95. The van der Waals surface area contributed by atoms with Crippen molar-refractivity contribution in [1.82, 2.24) is 4.98 Å². The lowest BCUT2D eigenvalue weighted by atomic mass is 10.2. The third kappa shape index (κ3) is 3.46. The van der Waals surface area contributed by atoms with Crippen LogP contribution in [0, 0.1) is 11.3 Å². The van der Waals surface area contributed by atoms with Crippen molar-refractivity contribution >= 4 is 39.2 Å². The molecule has 0 radical (unpaired) electrons. The average molecular weight is 332 g/mol. The summed E-state index contributed by atoms with van der Waals surface area (Å²) in [5.41, 5.74) is 7.04. The first-order valence-corrected chi connectivity index (χ1v) is 6.37. The van der Waals surface area contributed by atoms with Crippen LogP contribution in [0.2, 0.25) is 0 Å². The first-order chi connectivity index (χ1) is 9.58. The Kier molecular flexibility index (Phi) is 4.17. The van der Waals surface area contributed by atoms with Gasteiger partial charge in [0.15, 0.2) is 0 Å². The third-order valence-electron chi connectivity index (χ3n) is 2.34. The zero-order valence-corrected chi connectivity index (χ0v) is 11.8. The van der Waals surface area contributed by atoms with E-state index in [-0.39, 0.29) is 0 Å². The zero-order chi connectivity index (χ0) is 14.5. The van der Waals surface area contributed by atoms with Gasteiger partial charge in [0.05, 0.1) is 28.0 Å². The van der Waals surface area contributed by atoms with Gasteiger partial charge in [-0.05, 0) is 40.2 Å². The molecule has 20 heavy (non-hydrogen) atoms. The Morgan fingerprint density at radius 3 is 2.85 bits per heavy atom. The van der Waals surface area contributed by atoms with Crippen LogP contribution in [0.1, 0.15) is 5.56 Å². The van der Waals surface area contributed by atoms with Crippen LogP contribution in [0.4, 0.5) is 22.0 Å². The van der Waals surface area contributed by atoms with Crippen LogP contribution in [0.5, 0.6) is 0 Å². The second-order valence-corrected chi connectivity index (χ2v) is 4.73. The molecule has 1 aromatic carbocycles. The van der Waals surface area contributed by atoms with E-state index in [4.69, 9.17) is 11.0 Å². The van der Waals surface area contributed by atoms with Crippen molar-refractivity contribution in [2.45, 2.75) is 0 Å². The molecule has 0 spiro atoms. The monoisotopic (exact) mass is 331 g/mol. The molecule has 0 unspecified atom stereocenters. The highest BCUT2D eigenvalue weighted by molar-refractivity contribution is 9.10. The summed E-state index contributed by atoms with van der Waals surface area (Å²) < 4.78 is 0.582. The first-order valence-electron chi connectivity index (χ1n) is 5.57. The number of hydrogen-bond donors (Lipinski definition) is 3. The summed E-state index contributed by atoms with van der Waals surface area (Å²) in [7, 11) is 0. The number of rotatable bonds is 2. The number of pyridine rings is 1. The summed E-state index contributed by atoms with van der Waals surface area (Å²) >= 11 is 3.26. The predicted octanol–water partition coefficient (Wildman–Crippen LogP) is 2.94. The van der Waals surface area contributed by atoms with Crippen LogP contribution >= 0.6 is 15.9 Å². The fraction of sp³-hybridized carbons (Fsp3) is 0. The number of nitrogens with zero attached hydrogens (tertiary/aromatic N) is 2. The largest absolute Gasteiger partial charge is 0.397 e. The SMILES string of the molecule is N#Cc1cccc(NC(=O)Nc2ncc(N)cc2Br)c1. The number of hydrogen-bond acceptors (Lipinski definition) is 4. The molecular formula is C13H10BrN5O. The van der Waals surface area contributed by atoms with Crippen LogP contribution in [0.15, 0.2) is 41.0 Å². The standard InChI is InChI=1S/C13H10BrN5O/c14-11-5-9(16)7-17-12(11)19-13(20)18-10-3-1-2-8(4-10)6-15/h1-5,7H,16H2,(H2,17,18,19,20). The molecule has 1 heterocycles. The number of anilines is 3. The molecule has 2 rings (SSSR count). The summed E-state index contributed by atoms with van der Waals surface area (Å²) in [5, 5.41) is 14.0. The van der Waals surface area contributed by atoms with Gasteiger partial charge in [0.1, 0.15) is 5.82 Å². The number of benzene rings is 1. The van der Waals surface area contributed by atoms with Crippen molar-refractivity contribution in [2.24, 2.45) is 0 Å². The zero-order valence-electron chi connectivity index (χ0n) is 10.2. The number of nitriles is 1. The number of carbonyl (C=O) groups excluding carboxylic acids is 1. The van der Waals surface area contributed by atoms with E-state index < -0.39 is 6.03 Å². The van der Waals surface area contributed by atoms with Crippen molar-refractivity contribution in [2.75, 3.05) is 16.4 Å². The Morgan fingerprint density at radius 2 is 2.15 bits per heavy atom. The Balaban J connectivity index is 2.07. The van der Waals surface area contributed by atoms with Gasteiger partial charge in [-0.3, -0.25) is 5.32 Å². The van der Waals surface area contributed by atoms with Gasteiger partial charge in [-0.1, -0.05) is 6.07 Å². The van der Waals surface area contributed by atoms with E-state index in [0.29, 0.717) is 27.2 Å². The van der Waals surface area contributed by atoms with Crippen molar-refractivity contribution < 1.29 is 4.79 Å². The topological polar surface area (TPSA) is 104 Å². The maximum Gasteiger partial charge on any atom is 0.324 e. The number of halogens is 1. The van der Waals surface area contributed by atoms with E-state index in [1.54, 1.807) is 30.3 Å². The van der Waals surface area contributed by atoms with E-state index in [1.165, 1.54) is 6.20 Å². The molecule has 7 heteroatoms. The highest BCUT2D eigenvalue weighted by Crippen LogP contribution is 2.22. The summed E-state index contributed by atoms with van der Waals surface area (Å²) in [5.74, 6) is 0.355. The predicted molar refractivity (Wildman–Crippen MR) is 80.1 cm³/mol.